The van der Waals surface area contributed by atoms with E-state index in [-0.39, 0.29) is 17.3 Å². The van der Waals surface area contributed by atoms with Gasteiger partial charge in [0.15, 0.2) is 0 Å². The van der Waals surface area contributed by atoms with Crippen molar-refractivity contribution >= 4 is 11.9 Å². The highest BCUT2D eigenvalue weighted by Gasteiger charge is 2.74. The van der Waals surface area contributed by atoms with E-state index in [9.17, 15) is 4.79 Å². The molecule has 2 aliphatic carbocycles. The quantitative estimate of drug-likeness (QED) is 0.598. The summed E-state index contributed by atoms with van der Waals surface area (Å²) in [5.74, 6) is 1.63. The summed E-state index contributed by atoms with van der Waals surface area (Å²) in [6.45, 7) is 0.386. The summed E-state index contributed by atoms with van der Waals surface area (Å²) >= 11 is 0. The molecular weight excluding hydrogens is 182 g/mol. The normalized spacial score (nSPS) is 32.1. The van der Waals surface area contributed by atoms with Crippen molar-refractivity contribution in [1.82, 2.24) is 20.5 Å². The van der Waals surface area contributed by atoms with Crippen molar-refractivity contribution in [2.75, 3.05) is 5.73 Å². The number of hydrogen-bond donors (Lipinski definition) is 3. The van der Waals surface area contributed by atoms with Crippen LogP contribution in [0.3, 0.4) is 0 Å². The largest absolute Gasteiger partial charge is 0.367 e. The number of aromatic nitrogens is 3. The van der Waals surface area contributed by atoms with Crippen LogP contribution in [0.2, 0.25) is 0 Å². The molecule has 6 nitrogen and oxygen atoms in total. The van der Waals surface area contributed by atoms with Gasteiger partial charge in [0.05, 0.1) is 12.0 Å². The van der Waals surface area contributed by atoms with Crippen LogP contribution in [0.25, 0.3) is 0 Å². The maximum absolute atomic E-state index is 11.5. The van der Waals surface area contributed by atoms with E-state index >= 15 is 0 Å². The fraction of sp³-hybridized carbons (Fsp3) is 0.625. The van der Waals surface area contributed by atoms with Gasteiger partial charge in [-0.3, -0.25) is 9.89 Å². The van der Waals surface area contributed by atoms with Crippen LogP contribution in [-0.2, 0) is 11.3 Å². The summed E-state index contributed by atoms with van der Waals surface area (Å²) in [5, 5.41) is 9.15. The molecule has 0 bridgehead atoms. The Morgan fingerprint density at radius 2 is 2.43 bits per heavy atom. The number of nitrogens with two attached hydrogens (primary N) is 1. The Bertz CT molecular complexity index is 392. The molecule has 3 rings (SSSR count). The molecule has 1 heterocycles. The third-order valence-corrected chi connectivity index (χ3v) is 3.10. The Hall–Kier alpha value is -1.59. The summed E-state index contributed by atoms with van der Waals surface area (Å²) in [4.78, 5) is 15.4. The summed E-state index contributed by atoms with van der Waals surface area (Å²) in [6, 6.07) is 0. The standard InChI is InChI=1S/C8H11N5O/c9-7-11-5(12-13-7)3-10-6(14)8-1-4(8)2-8/h4H,1-3H2,(H,10,14)(H3,9,11,12,13). The molecule has 6 heteroatoms. The number of anilines is 1. The lowest BCUT2D eigenvalue weighted by atomic mass is 10.2. The van der Waals surface area contributed by atoms with Gasteiger partial charge in [-0.05, 0) is 18.8 Å². The first-order valence-corrected chi connectivity index (χ1v) is 4.66. The van der Waals surface area contributed by atoms with Gasteiger partial charge in [0, 0.05) is 0 Å². The van der Waals surface area contributed by atoms with Gasteiger partial charge in [-0.1, -0.05) is 0 Å². The second kappa shape index (κ2) is 2.26. The maximum Gasteiger partial charge on any atom is 0.239 e. The number of fused-ring (bicyclic) bond motifs is 1. The molecule has 0 aliphatic heterocycles. The van der Waals surface area contributed by atoms with Gasteiger partial charge in [0.2, 0.25) is 11.9 Å². The van der Waals surface area contributed by atoms with E-state index in [1.54, 1.807) is 0 Å². The number of aromatic amines is 1. The summed E-state index contributed by atoms with van der Waals surface area (Å²) in [7, 11) is 0. The monoisotopic (exact) mass is 193 g/mol. The Morgan fingerprint density at radius 3 is 2.93 bits per heavy atom. The molecule has 1 aromatic rings. The van der Waals surface area contributed by atoms with Gasteiger partial charge in [0.25, 0.3) is 0 Å². The smallest absolute Gasteiger partial charge is 0.239 e. The van der Waals surface area contributed by atoms with Gasteiger partial charge in [0.1, 0.15) is 5.82 Å². The maximum atomic E-state index is 11.5. The topological polar surface area (TPSA) is 96.7 Å². The minimum atomic E-state index is 0.0194. The molecule has 14 heavy (non-hydrogen) atoms. The highest BCUT2D eigenvalue weighted by Crippen LogP contribution is 2.75. The number of nitrogen functional groups attached to an aromatic ring is 1. The minimum Gasteiger partial charge on any atom is -0.367 e. The van der Waals surface area contributed by atoms with E-state index in [2.05, 4.69) is 20.5 Å². The van der Waals surface area contributed by atoms with Crippen LogP contribution in [-0.4, -0.2) is 21.1 Å². The van der Waals surface area contributed by atoms with Crippen LogP contribution in [0.15, 0.2) is 0 Å². The second-order valence-corrected chi connectivity index (χ2v) is 4.08. The van der Waals surface area contributed by atoms with E-state index in [0.29, 0.717) is 18.3 Å². The summed E-state index contributed by atoms with van der Waals surface area (Å²) in [6.07, 6.45) is 2.13. The first-order valence-electron chi connectivity index (χ1n) is 4.66. The molecule has 1 amide bonds. The molecule has 0 unspecified atom stereocenters. The molecule has 0 spiro atoms. The van der Waals surface area contributed by atoms with Crippen LogP contribution in [0.4, 0.5) is 5.95 Å². The van der Waals surface area contributed by atoms with Gasteiger partial charge in [-0.2, -0.15) is 4.98 Å². The lowest BCUT2D eigenvalue weighted by Gasteiger charge is -2.03. The molecule has 1 aromatic heterocycles. The van der Waals surface area contributed by atoms with Gasteiger partial charge >= 0.3 is 0 Å². The van der Waals surface area contributed by atoms with Crippen molar-refractivity contribution in [2.45, 2.75) is 19.4 Å². The molecule has 0 aromatic carbocycles. The molecule has 2 saturated carbocycles. The van der Waals surface area contributed by atoms with Crippen LogP contribution < -0.4 is 11.1 Å². The zero-order chi connectivity index (χ0) is 9.76. The van der Waals surface area contributed by atoms with Crippen molar-refractivity contribution in [2.24, 2.45) is 11.3 Å². The van der Waals surface area contributed by atoms with E-state index in [1.165, 1.54) is 0 Å². The van der Waals surface area contributed by atoms with E-state index in [0.717, 1.165) is 12.8 Å². The number of hydrogen-bond acceptors (Lipinski definition) is 4. The predicted octanol–water partition coefficient (Wildman–Crippen LogP) is -0.587. The fourth-order valence-corrected chi connectivity index (χ4v) is 1.80. The third kappa shape index (κ3) is 0.997. The SMILES string of the molecule is Nc1n[nH]c(CNC(=O)C23CC2C3)n1. The zero-order valence-corrected chi connectivity index (χ0v) is 7.58. The first kappa shape index (κ1) is 7.78. The van der Waals surface area contributed by atoms with Gasteiger partial charge in [-0.25, -0.2) is 0 Å². The Kier molecular flexibility index (Phi) is 1.25. The molecule has 0 atom stereocenters. The van der Waals surface area contributed by atoms with E-state index in [4.69, 9.17) is 5.73 Å². The first-order chi connectivity index (χ1) is 6.71. The molecule has 2 fully saturated rings. The minimum absolute atomic E-state index is 0.0194. The Morgan fingerprint density at radius 1 is 1.71 bits per heavy atom. The zero-order valence-electron chi connectivity index (χ0n) is 7.58. The van der Waals surface area contributed by atoms with Crippen molar-refractivity contribution in [3.8, 4) is 0 Å². The van der Waals surface area contributed by atoms with Crippen molar-refractivity contribution < 1.29 is 4.79 Å². The van der Waals surface area contributed by atoms with Crippen LogP contribution in [0.5, 0.6) is 0 Å². The van der Waals surface area contributed by atoms with Crippen LogP contribution in [0, 0.1) is 11.3 Å². The molecule has 74 valence electrons. The second-order valence-electron chi connectivity index (χ2n) is 4.08. The number of carbonyl (C=O) groups excluding carboxylic acids is 1. The molecule has 4 N–H and O–H groups in total. The number of rotatable bonds is 3. The fourth-order valence-electron chi connectivity index (χ4n) is 1.80. The van der Waals surface area contributed by atoms with Crippen molar-refractivity contribution in [3.05, 3.63) is 5.82 Å². The summed E-state index contributed by atoms with van der Waals surface area (Å²) < 4.78 is 0. The molecule has 0 radical (unpaired) electrons. The average Bonchev–Trinajstić information content (AvgIpc) is 2.94. The summed E-state index contributed by atoms with van der Waals surface area (Å²) in [5.41, 5.74) is 5.34. The number of H-pyrrole nitrogens is 1. The average molecular weight is 193 g/mol. The number of amides is 1. The van der Waals surface area contributed by atoms with Crippen LogP contribution in [0.1, 0.15) is 18.7 Å². The van der Waals surface area contributed by atoms with Crippen molar-refractivity contribution in [1.29, 1.82) is 0 Å². The van der Waals surface area contributed by atoms with Crippen molar-refractivity contribution in [3.63, 3.8) is 0 Å². The van der Waals surface area contributed by atoms with Gasteiger partial charge < -0.3 is 11.1 Å². The predicted molar refractivity (Wildman–Crippen MR) is 47.8 cm³/mol. The highest BCUT2D eigenvalue weighted by molar-refractivity contribution is 5.89. The van der Waals surface area contributed by atoms with Crippen LogP contribution >= 0.6 is 0 Å². The lowest BCUT2D eigenvalue weighted by Crippen LogP contribution is -2.27. The molecule has 0 saturated heterocycles. The van der Waals surface area contributed by atoms with E-state index < -0.39 is 0 Å². The molecule has 2 aliphatic rings. The van der Waals surface area contributed by atoms with Gasteiger partial charge in [-0.15, -0.1) is 5.10 Å². The molecular formula is C8H11N5O. The number of nitrogens with one attached hydrogen (secondary N) is 2. The Balaban J connectivity index is 1.56. The third-order valence-electron chi connectivity index (χ3n) is 3.10. The van der Waals surface area contributed by atoms with E-state index in [1.807, 2.05) is 0 Å². The lowest BCUT2D eigenvalue weighted by molar-refractivity contribution is -0.124. The number of carbonyl (C=O) groups is 1. The Labute approximate surface area is 80.3 Å². The number of nitrogens with zero attached hydrogens (tertiary/aromatic N) is 2. The highest BCUT2D eigenvalue weighted by atomic mass is 16.2.